The zero-order valence-electron chi connectivity index (χ0n) is 11.2. The zero-order valence-corrected chi connectivity index (χ0v) is 12.8. The maximum Gasteiger partial charge on any atom is 0.267 e. The molecule has 1 atom stereocenters. The largest absolute Gasteiger partial charge is 0.396 e. The van der Waals surface area contributed by atoms with Crippen LogP contribution in [0.1, 0.15) is 49.1 Å². The number of amides is 1. The molecule has 106 valence electrons. The van der Waals surface area contributed by atoms with Crippen LogP contribution in [0.4, 0.5) is 0 Å². The van der Waals surface area contributed by atoms with E-state index in [0.29, 0.717) is 18.5 Å². The molecule has 1 amide bonds. The SMILES string of the molecule is CC(CO)CCCNC(=O)c1cc(Br)cn1C1CC1. The summed E-state index contributed by atoms with van der Waals surface area (Å²) in [5, 5.41) is 11.9. The summed E-state index contributed by atoms with van der Waals surface area (Å²) in [5.41, 5.74) is 0.740. The molecule has 0 saturated heterocycles. The van der Waals surface area contributed by atoms with Crippen LogP contribution in [0.3, 0.4) is 0 Å². The second-order valence-electron chi connectivity index (χ2n) is 5.37. The summed E-state index contributed by atoms with van der Waals surface area (Å²) in [6, 6.07) is 2.38. The lowest BCUT2D eigenvalue weighted by molar-refractivity contribution is 0.0942. The summed E-state index contributed by atoms with van der Waals surface area (Å²) >= 11 is 3.43. The van der Waals surface area contributed by atoms with Crippen molar-refractivity contribution in [1.82, 2.24) is 9.88 Å². The number of hydrogen-bond acceptors (Lipinski definition) is 2. The average Bonchev–Trinajstić information content (AvgIpc) is 3.17. The Morgan fingerprint density at radius 3 is 3.00 bits per heavy atom. The zero-order chi connectivity index (χ0) is 13.8. The van der Waals surface area contributed by atoms with Gasteiger partial charge in [0, 0.05) is 29.9 Å². The van der Waals surface area contributed by atoms with Crippen molar-refractivity contribution in [3.63, 3.8) is 0 Å². The fourth-order valence-corrected chi connectivity index (χ4v) is 2.55. The molecule has 1 aliphatic carbocycles. The smallest absolute Gasteiger partial charge is 0.267 e. The minimum Gasteiger partial charge on any atom is -0.396 e. The quantitative estimate of drug-likeness (QED) is 0.756. The van der Waals surface area contributed by atoms with Gasteiger partial charge in [-0.15, -0.1) is 0 Å². The lowest BCUT2D eigenvalue weighted by Crippen LogP contribution is -2.27. The van der Waals surface area contributed by atoms with E-state index >= 15 is 0 Å². The number of aromatic nitrogens is 1. The summed E-state index contributed by atoms with van der Waals surface area (Å²) in [5.74, 6) is 0.302. The van der Waals surface area contributed by atoms with Crippen LogP contribution >= 0.6 is 15.9 Å². The van der Waals surface area contributed by atoms with Crippen molar-refractivity contribution in [3.8, 4) is 0 Å². The first-order chi connectivity index (χ1) is 9.11. The number of nitrogens with one attached hydrogen (secondary N) is 1. The van der Waals surface area contributed by atoms with Crippen molar-refractivity contribution in [2.24, 2.45) is 5.92 Å². The third-order valence-electron chi connectivity index (χ3n) is 3.46. The Balaban J connectivity index is 1.83. The van der Waals surface area contributed by atoms with Gasteiger partial charge in [0.25, 0.3) is 5.91 Å². The molecule has 1 aromatic heterocycles. The summed E-state index contributed by atoms with van der Waals surface area (Å²) in [7, 11) is 0. The molecular weight excluding hydrogens is 308 g/mol. The molecule has 19 heavy (non-hydrogen) atoms. The van der Waals surface area contributed by atoms with Gasteiger partial charge in [-0.2, -0.15) is 0 Å². The lowest BCUT2D eigenvalue weighted by atomic mass is 10.1. The molecule has 2 rings (SSSR count). The first-order valence-electron chi connectivity index (χ1n) is 6.88. The molecule has 1 saturated carbocycles. The average molecular weight is 329 g/mol. The van der Waals surface area contributed by atoms with E-state index in [9.17, 15) is 4.79 Å². The van der Waals surface area contributed by atoms with Crippen LogP contribution in [0.5, 0.6) is 0 Å². The molecule has 0 aromatic carbocycles. The molecule has 1 unspecified atom stereocenters. The monoisotopic (exact) mass is 328 g/mol. The predicted molar refractivity (Wildman–Crippen MR) is 78.2 cm³/mol. The normalized spacial score (nSPS) is 16.4. The van der Waals surface area contributed by atoms with Crippen molar-refractivity contribution < 1.29 is 9.90 Å². The molecule has 0 aliphatic heterocycles. The standard InChI is InChI=1S/C14H21BrN2O2/c1-10(9-18)3-2-6-16-14(19)13-7-11(15)8-17(13)12-4-5-12/h7-8,10,12,18H,2-6,9H2,1H3,(H,16,19). The van der Waals surface area contributed by atoms with E-state index in [2.05, 4.69) is 25.8 Å². The number of aliphatic hydroxyl groups is 1. The van der Waals surface area contributed by atoms with Crippen LogP contribution in [0.2, 0.25) is 0 Å². The van der Waals surface area contributed by atoms with E-state index in [-0.39, 0.29) is 12.5 Å². The number of nitrogens with zero attached hydrogens (tertiary/aromatic N) is 1. The number of carbonyl (C=O) groups is 1. The van der Waals surface area contributed by atoms with Crippen molar-refractivity contribution in [1.29, 1.82) is 0 Å². The topological polar surface area (TPSA) is 54.3 Å². The molecule has 2 N–H and O–H groups in total. The van der Waals surface area contributed by atoms with Crippen LogP contribution in [-0.2, 0) is 0 Å². The van der Waals surface area contributed by atoms with Crippen molar-refractivity contribution >= 4 is 21.8 Å². The van der Waals surface area contributed by atoms with Gasteiger partial charge in [0.15, 0.2) is 0 Å². The highest BCUT2D eigenvalue weighted by Crippen LogP contribution is 2.37. The fourth-order valence-electron chi connectivity index (χ4n) is 2.12. The van der Waals surface area contributed by atoms with Gasteiger partial charge in [-0.05, 0) is 53.6 Å². The Bertz CT molecular complexity index is 441. The molecular formula is C14H21BrN2O2. The van der Waals surface area contributed by atoms with Gasteiger partial charge >= 0.3 is 0 Å². The summed E-state index contributed by atoms with van der Waals surface area (Å²) in [4.78, 5) is 12.1. The van der Waals surface area contributed by atoms with Crippen LogP contribution in [0.15, 0.2) is 16.7 Å². The Kier molecular flexibility index (Phi) is 5.05. The number of halogens is 1. The highest BCUT2D eigenvalue weighted by atomic mass is 79.9. The minimum absolute atomic E-state index is 0.00532. The van der Waals surface area contributed by atoms with Crippen LogP contribution < -0.4 is 5.32 Å². The number of hydrogen-bond donors (Lipinski definition) is 2. The van der Waals surface area contributed by atoms with E-state index in [4.69, 9.17) is 5.11 Å². The van der Waals surface area contributed by atoms with Crippen molar-refractivity contribution in [3.05, 3.63) is 22.4 Å². The van der Waals surface area contributed by atoms with E-state index in [1.807, 2.05) is 19.2 Å². The first-order valence-corrected chi connectivity index (χ1v) is 7.67. The van der Waals surface area contributed by atoms with Gasteiger partial charge in [-0.3, -0.25) is 4.79 Å². The maximum atomic E-state index is 12.1. The van der Waals surface area contributed by atoms with Crippen LogP contribution in [0.25, 0.3) is 0 Å². The number of aliphatic hydroxyl groups excluding tert-OH is 1. The third kappa shape index (κ3) is 4.08. The highest BCUT2D eigenvalue weighted by Gasteiger charge is 2.27. The highest BCUT2D eigenvalue weighted by molar-refractivity contribution is 9.10. The van der Waals surface area contributed by atoms with E-state index in [1.54, 1.807) is 0 Å². The van der Waals surface area contributed by atoms with Gasteiger partial charge < -0.3 is 15.0 Å². The van der Waals surface area contributed by atoms with Crippen LogP contribution in [0, 0.1) is 5.92 Å². The lowest BCUT2D eigenvalue weighted by Gasteiger charge is -2.10. The molecule has 0 radical (unpaired) electrons. The Hall–Kier alpha value is -0.810. The fraction of sp³-hybridized carbons (Fsp3) is 0.643. The van der Waals surface area contributed by atoms with Crippen molar-refractivity contribution in [2.45, 2.75) is 38.6 Å². The molecule has 1 aliphatic rings. The predicted octanol–water partition coefficient (Wildman–Crippen LogP) is 2.72. The second-order valence-corrected chi connectivity index (χ2v) is 6.28. The molecule has 0 spiro atoms. The van der Waals surface area contributed by atoms with E-state index in [0.717, 1.165) is 35.8 Å². The van der Waals surface area contributed by atoms with Crippen molar-refractivity contribution in [2.75, 3.05) is 13.2 Å². The number of carbonyl (C=O) groups excluding carboxylic acids is 1. The maximum absolute atomic E-state index is 12.1. The summed E-state index contributed by atoms with van der Waals surface area (Å²) < 4.78 is 3.02. The van der Waals surface area contributed by atoms with Gasteiger partial charge in [-0.1, -0.05) is 6.92 Å². The summed E-state index contributed by atoms with van der Waals surface area (Å²) in [6.45, 7) is 2.89. The molecule has 0 bridgehead atoms. The van der Waals surface area contributed by atoms with Gasteiger partial charge in [0.1, 0.15) is 5.69 Å². The van der Waals surface area contributed by atoms with Crippen LogP contribution in [-0.4, -0.2) is 28.7 Å². The third-order valence-corrected chi connectivity index (χ3v) is 3.89. The Morgan fingerprint density at radius 1 is 1.63 bits per heavy atom. The molecule has 1 heterocycles. The second kappa shape index (κ2) is 6.57. The molecule has 5 heteroatoms. The molecule has 4 nitrogen and oxygen atoms in total. The Morgan fingerprint density at radius 2 is 2.37 bits per heavy atom. The van der Waals surface area contributed by atoms with E-state index < -0.39 is 0 Å². The van der Waals surface area contributed by atoms with Gasteiger partial charge in [0.05, 0.1) is 0 Å². The minimum atomic E-state index is -0.00532. The van der Waals surface area contributed by atoms with Gasteiger partial charge in [0.2, 0.25) is 0 Å². The van der Waals surface area contributed by atoms with E-state index in [1.165, 1.54) is 0 Å². The first kappa shape index (κ1) is 14.6. The Labute approximate surface area is 122 Å². The summed E-state index contributed by atoms with van der Waals surface area (Å²) in [6.07, 6.45) is 6.15. The van der Waals surface area contributed by atoms with Gasteiger partial charge in [-0.25, -0.2) is 0 Å². The number of rotatable bonds is 7. The molecule has 1 aromatic rings. The molecule has 1 fully saturated rings.